The number of esters is 1. The molecule has 0 aliphatic heterocycles. The second-order valence-corrected chi connectivity index (χ2v) is 5.74. The van der Waals surface area contributed by atoms with E-state index in [4.69, 9.17) is 10.2 Å². The van der Waals surface area contributed by atoms with Crippen LogP contribution in [0.3, 0.4) is 0 Å². The monoisotopic (exact) mass is 368 g/mol. The molecular formula is C20H32O6. The first-order valence-corrected chi connectivity index (χ1v) is 8.79. The highest BCUT2D eigenvalue weighted by atomic mass is 16.5. The Kier molecular flexibility index (Phi) is 16.0. The van der Waals surface area contributed by atoms with Gasteiger partial charge >= 0.3 is 17.9 Å². The molecule has 0 heterocycles. The van der Waals surface area contributed by atoms with Gasteiger partial charge in [0.05, 0.1) is 7.11 Å². The van der Waals surface area contributed by atoms with E-state index < -0.39 is 17.9 Å². The molecule has 0 aromatic rings. The first-order valence-electron chi connectivity index (χ1n) is 8.79. The smallest absolute Gasteiger partial charge is 0.333 e. The molecule has 6 heteroatoms. The highest BCUT2D eigenvalue weighted by molar-refractivity contribution is 5.89. The Bertz CT molecular complexity index is 528. The summed E-state index contributed by atoms with van der Waals surface area (Å²) in [4.78, 5) is 31.8. The lowest BCUT2D eigenvalue weighted by molar-refractivity contribution is -0.136. The van der Waals surface area contributed by atoms with Gasteiger partial charge in [-0.1, -0.05) is 51.8 Å². The Hall–Kier alpha value is -2.37. The quantitative estimate of drug-likeness (QED) is 0.316. The third-order valence-electron chi connectivity index (χ3n) is 3.49. The normalized spacial score (nSPS) is 11.2. The van der Waals surface area contributed by atoms with Crippen molar-refractivity contribution in [2.75, 3.05) is 7.11 Å². The van der Waals surface area contributed by atoms with Gasteiger partial charge in [0, 0.05) is 16.7 Å². The van der Waals surface area contributed by atoms with E-state index in [1.54, 1.807) is 0 Å². The lowest BCUT2D eigenvalue weighted by Gasteiger charge is -2.01. The number of carboxylic acid groups (broad SMARTS) is 2. The van der Waals surface area contributed by atoms with Crippen LogP contribution in [0.25, 0.3) is 0 Å². The van der Waals surface area contributed by atoms with Crippen molar-refractivity contribution in [1.29, 1.82) is 0 Å². The molecular weight excluding hydrogens is 336 g/mol. The molecule has 0 aromatic heterocycles. The number of carbonyl (C=O) groups is 3. The highest BCUT2D eigenvalue weighted by Gasteiger charge is 2.06. The summed E-state index contributed by atoms with van der Waals surface area (Å²) >= 11 is 0. The molecule has 0 aromatic carbocycles. The van der Waals surface area contributed by atoms with Crippen molar-refractivity contribution in [3.63, 3.8) is 0 Å². The van der Waals surface area contributed by atoms with Gasteiger partial charge in [-0.3, -0.25) is 0 Å². The Morgan fingerprint density at radius 2 is 1.62 bits per heavy atom. The number of allylic oxidation sites excluding steroid dienone is 2. The maximum atomic E-state index is 10.8. The number of hydrogen-bond donors (Lipinski definition) is 2. The summed E-state index contributed by atoms with van der Waals surface area (Å²) in [6.45, 7) is 9.02. The zero-order valence-electron chi connectivity index (χ0n) is 16.3. The molecule has 0 fully saturated rings. The molecule has 0 aliphatic carbocycles. The largest absolute Gasteiger partial charge is 0.478 e. The number of unbranched alkanes of at least 4 members (excludes halogenated alkanes) is 3. The number of carbonyl (C=O) groups excluding carboxylic acids is 1. The zero-order valence-corrected chi connectivity index (χ0v) is 16.3. The first kappa shape index (κ1) is 25.9. The fraction of sp³-hybridized carbons (Fsp3) is 0.550. The van der Waals surface area contributed by atoms with E-state index in [0.29, 0.717) is 5.57 Å². The first-order chi connectivity index (χ1) is 12.2. The van der Waals surface area contributed by atoms with Crippen LogP contribution in [0.1, 0.15) is 65.7 Å². The summed E-state index contributed by atoms with van der Waals surface area (Å²) in [5.74, 6) is -2.27. The molecule has 0 unspecified atom stereocenters. The van der Waals surface area contributed by atoms with Gasteiger partial charge < -0.3 is 14.9 Å². The van der Waals surface area contributed by atoms with Gasteiger partial charge in [0.2, 0.25) is 0 Å². The average molecular weight is 368 g/mol. The van der Waals surface area contributed by atoms with Crippen LogP contribution in [-0.2, 0) is 19.1 Å². The summed E-state index contributed by atoms with van der Waals surface area (Å²) in [5.41, 5.74) is 1.01. The van der Waals surface area contributed by atoms with Crippen molar-refractivity contribution in [3.05, 3.63) is 35.5 Å². The fourth-order valence-corrected chi connectivity index (χ4v) is 1.88. The van der Waals surface area contributed by atoms with Crippen LogP contribution in [-0.4, -0.2) is 35.2 Å². The molecule has 0 saturated heterocycles. The zero-order chi connectivity index (χ0) is 20.5. The fourth-order valence-electron chi connectivity index (χ4n) is 1.88. The van der Waals surface area contributed by atoms with E-state index in [-0.39, 0.29) is 17.6 Å². The molecule has 0 rings (SSSR count). The summed E-state index contributed by atoms with van der Waals surface area (Å²) in [7, 11) is 1.25. The van der Waals surface area contributed by atoms with Gasteiger partial charge in [-0.05, 0) is 32.6 Å². The molecule has 6 nitrogen and oxygen atoms in total. The minimum atomic E-state index is -1.00. The lowest BCUT2D eigenvalue weighted by atomic mass is 10.1. The van der Waals surface area contributed by atoms with Crippen LogP contribution in [0.2, 0.25) is 0 Å². The molecule has 0 spiro atoms. The minimum Gasteiger partial charge on any atom is -0.478 e. The van der Waals surface area contributed by atoms with Crippen LogP contribution in [0, 0.1) is 0 Å². The van der Waals surface area contributed by atoms with E-state index >= 15 is 0 Å². The number of ether oxygens (including phenoxy) is 1. The Labute approximate surface area is 156 Å². The van der Waals surface area contributed by atoms with Crippen molar-refractivity contribution in [1.82, 2.24) is 0 Å². The van der Waals surface area contributed by atoms with Gasteiger partial charge in [0.25, 0.3) is 0 Å². The number of aliphatic carboxylic acids is 2. The maximum Gasteiger partial charge on any atom is 0.333 e. The SMILES string of the molecule is C=C(CC=C(C)C(=O)O)C(=O)OC.CCC=C(CCCCCC)C(=O)O. The van der Waals surface area contributed by atoms with Gasteiger partial charge in [-0.25, -0.2) is 14.4 Å². The van der Waals surface area contributed by atoms with Crippen molar-refractivity contribution in [3.8, 4) is 0 Å². The second-order valence-electron chi connectivity index (χ2n) is 5.74. The van der Waals surface area contributed by atoms with E-state index in [2.05, 4.69) is 18.2 Å². The molecule has 0 radical (unpaired) electrons. The number of rotatable bonds is 11. The van der Waals surface area contributed by atoms with Crippen LogP contribution >= 0.6 is 0 Å². The Morgan fingerprint density at radius 3 is 2.04 bits per heavy atom. The molecule has 0 saturated carbocycles. The van der Waals surface area contributed by atoms with Crippen LogP contribution < -0.4 is 0 Å². The van der Waals surface area contributed by atoms with Gasteiger partial charge in [0.1, 0.15) is 0 Å². The molecule has 0 amide bonds. The molecule has 0 atom stereocenters. The topological polar surface area (TPSA) is 101 Å². The van der Waals surface area contributed by atoms with E-state index in [9.17, 15) is 14.4 Å². The molecule has 148 valence electrons. The van der Waals surface area contributed by atoms with Crippen LogP contribution in [0.5, 0.6) is 0 Å². The third-order valence-corrected chi connectivity index (χ3v) is 3.49. The van der Waals surface area contributed by atoms with Gasteiger partial charge in [-0.2, -0.15) is 0 Å². The van der Waals surface area contributed by atoms with Gasteiger partial charge in [-0.15, -0.1) is 0 Å². The summed E-state index contributed by atoms with van der Waals surface area (Å²) in [6, 6.07) is 0. The average Bonchev–Trinajstić information content (AvgIpc) is 2.61. The standard InChI is InChI=1S/C11H20O2.C9H12O4/c1-3-5-6-7-9-10(8-4-2)11(12)13;1-6(8(10)11)4-5-7(2)9(12)13-3/h8H,3-7,9H2,1-2H3,(H,12,13);4H,2,5H2,1,3H3,(H,10,11). The molecule has 26 heavy (non-hydrogen) atoms. The van der Waals surface area contributed by atoms with Crippen molar-refractivity contribution in [2.45, 2.75) is 65.7 Å². The number of carboxylic acids is 2. The van der Waals surface area contributed by atoms with E-state index in [0.717, 1.165) is 25.7 Å². The van der Waals surface area contributed by atoms with Crippen molar-refractivity contribution < 1.29 is 29.3 Å². The molecule has 0 bridgehead atoms. The second kappa shape index (κ2) is 16.1. The maximum absolute atomic E-state index is 10.8. The molecule has 0 aliphatic rings. The summed E-state index contributed by atoms with van der Waals surface area (Å²) < 4.78 is 4.39. The van der Waals surface area contributed by atoms with Crippen LogP contribution in [0.15, 0.2) is 35.5 Å². The number of methoxy groups -OCH3 is 1. The molecule has 2 N–H and O–H groups in total. The summed E-state index contributed by atoms with van der Waals surface area (Å²) in [6.07, 6.45) is 9.52. The number of hydrogen-bond acceptors (Lipinski definition) is 4. The van der Waals surface area contributed by atoms with Crippen molar-refractivity contribution >= 4 is 17.9 Å². The van der Waals surface area contributed by atoms with Gasteiger partial charge in [0.15, 0.2) is 0 Å². The predicted octanol–water partition coefficient (Wildman–Crippen LogP) is 4.51. The Balaban J connectivity index is 0. The minimum absolute atomic E-state index is 0.185. The van der Waals surface area contributed by atoms with E-state index in [1.165, 1.54) is 33.0 Å². The highest BCUT2D eigenvalue weighted by Crippen LogP contribution is 2.11. The van der Waals surface area contributed by atoms with Crippen LogP contribution in [0.4, 0.5) is 0 Å². The summed E-state index contributed by atoms with van der Waals surface area (Å²) in [5, 5.41) is 17.3. The van der Waals surface area contributed by atoms with Crippen molar-refractivity contribution in [2.24, 2.45) is 0 Å². The third kappa shape index (κ3) is 14.0. The van der Waals surface area contributed by atoms with E-state index in [1.807, 2.05) is 13.0 Å². The predicted molar refractivity (Wildman–Crippen MR) is 102 cm³/mol. The Morgan fingerprint density at radius 1 is 1.00 bits per heavy atom. The lowest BCUT2D eigenvalue weighted by Crippen LogP contribution is -2.03.